The van der Waals surface area contributed by atoms with E-state index in [-0.39, 0.29) is 0 Å². The second kappa shape index (κ2) is 6.81. The predicted molar refractivity (Wildman–Crippen MR) is 140 cm³/mol. The van der Waals surface area contributed by atoms with Crippen LogP contribution in [0.2, 0.25) is 0 Å². The van der Waals surface area contributed by atoms with Crippen molar-refractivity contribution in [3.05, 3.63) is 109 Å². The van der Waals surface area contributed by atoms with Gasteiger partial charge < -0.3 is 4.98 Å². The number of hydrogen-bond donors (Lipinski definition) is 1. The summed E-state index contributed by atoms with van der Waals surface area (Å²) < 4.78 is 2.66. The first-order chi connectivity index (χ1) is 15.9. The van der Waals surface area contributed by atoms with Crippen LogP contribution in [0.15, 0.2) is 109 Å². The minimum atomic E-state index is 1.19. The van der Waals surface area contributed by atoms with Gasteiger partial charge in [-0.25, -0.2) is 0 Å². The van der Waals surface area contributed by atoms with Crippen LogP contribution in [0.3, 0.4) is 0 Å². The third kappa shape index (κ3) is 2.57. The largest absolute Gasteiger partial charge is 0.353 e. The summed E-state index contributed by atoms with van der Waals surface area (Å²) in [5, 5.41) is 5.24. The third-order valence-corrected chi connectivity index (χ3v) is 7.60. The average molecular weight is 426 g/mol. The first kappa shape index (κ1) is 17.8. The highest BCUT2D eigenvalue weighted by atomic mass is 32.1. The summed E-state index contributed by atoms with van der Waals surface area (Å²) in [4.78, 5) is 3.78. The molecule has 0 aliphatic carbocycles. The fourth-order valence-electron chi connectivity index (χ4n) is 4.91. The average Bonchev–Trinajstić information content (AvgIpc) is 3.43. The normalized spacial score (nSPS) is 11.8. The predicted octanol–water partition coefficient (Wildman–Crippen LogP) is 9.02. The molecular formula is C30H19NS. The van der Waals surface area contributed by atoms with Gasteiger partial charge in [-0.1, -0.05) is 91.0 Å². The molecule has 7 aromatic rings. The number of aromatic nitrogens is 1. The van der Waals surface area contributed by atoms with Gasteiger partial charge in [0.25, 0.3) is 0 Å². The van der Waals surface area contributed by atoms with Crippen molar-refractivity contribution in [3.8, 4) is 22.3 Å². The highest BCUT2D eigenvalue weighted by molar-refractivity contribution is 7.26. The van der Waals surface area contributed by atoms with Gasteiger partial charge in [0, 0.05) is 31.8 Å². The summed E-state index contributed by atoms with van der Waals surface area (Å²) in [6.07, 6.45) is 0. The summed E-state index contributed by atoms with van der Waals surface area (Å²) >= 11 is 1.88. The number of rotatable bonds is 2. The molecule has 1 N–H and O–H groups in total. The molecule has 2 heterocycles. The maximum absolute atomic E-state index is 3.78. The van der Waals surface area contributed by atoms with Crippen LogP contribution in [0.1, 0.15) is 0 Å². The van der Waals surface area contributed by atoms with Gasteiger partial charge in [-0.05, 0) is 40.5 Å². The van der Waals surface area contributed by atoms with E-state index in [9.17, 15) is 0 Å². The molecule has 32 heavy (non-hydrogen) atoms. The fraction of sp³-hybridized carbons (Fsp3) is 0. The molecule has 0 bridgehead atoms. The Labute approximate surface area is 189 Å². The van der Waals surface area contributed by atoms with E-state index in [1.54, 1.807) is 0 Å². The van der Waals surface area contributed by atoms with E-state index in [1.807, 2.05) is 11.3 Å². The smallest absolute Gasteiger partial charge is 0.0646 e. The Kier molecular flexibility index (Phi) is 3.78. The maximum Gasteiger partial charge on any atom is 0.0646 e. The second-order valence-electron chi connectivity index (χ2n) is 8.27. The summed E-state index contributed by atoms with van der Waals surface area (Å²) in [6, 6.07) is 39.3. The van der Waals surface area contributed by atoms with Crippen molar-refractivity contribution in [2.75, 3.05) is 0 Å². The molecule has 1 nitrogen and oxygen atoms in total. The zero-order valence-corrected chi connectivity index (χ0v) is 18.1. The van der Waals surface area contributed by atoms with Gasteiger partial charge >= 0.3 is 0 Å². The lowest BCUT2D eigenvalue weighted by atomic mass is 9.96. The Balaban J connectivity index is 1.61. The Morgan fingerprint density at radius 1 is 0.531 bits per heavy atom. The monoisotopic (exact) mass is 425 g/mol. The maximum atomic E-state index is 3.78. The van der Waals surface area contributed by atoms with Crippen molar-refractivity contribution in [2.24, 2.45) is 0 Å². The molecule has 0 radical (unpaired) electrons. The molecule has 0 amide bonds. The molecule has 0 atom stereocenters. The van der Waals surface area contributed by atoms with Crippen LogP contribution in [0, 0.1) is 0 Å². The highest BCUT2D eigenvalue weighted by Gasteiger charge is 2.17. The van der Waals surface area contributed by atoms with Crippen molar-refractivity contribution in [2.45, 2.75) is 0 Å². The van der Waals surface area contributed by atoms with E-state index in [1.165, 1.54) is 64.2 Å². The number of benzene rings is 5. The molecule has 150 valence electrons. The van der Waals surface area contributed by atoms with Gasteiger partial charge in [0.05, 0.1) is 10.2 Å². The Morgan fingerprint density at radius 3 is 2.06 bits per heavy atom. The van der Waals surface area contributed by atoms with Gasteiger partial charge in [-0.3, -0.25) is 0 Å². The molecule has 0 spiro atoms. The quantitative estimate of drug-likeness (QED) is 0.284. The van der Waals surface area contributed by atoms with Gasteiger partial charge in [-0.2, -0.15) is 0 Å². The first-order valence-corrected chi connectivity index (χ1v) is 11.7. The van der Waals surface area contributed by atoms with Gasteiger partial charge in [0.2, 0.25) is 0 Å². The van der Waals surface area contributed by atoms with E-state index in [2.05, 4.69) is 114 Å². The summed E-state index contributed by atoms with van der Waals surface area (Å²) in [7, 11) is 0. The zero-order chi connectivity index (χ0) is 21.1. The number of fused-ring (bicyclic) bond motifs is 7. The summed E-state index contributed by atoms with van der Waals surface area (Å²) in [5.74, 6) is 0. The van der Waals surface area contributed by atoms with Crippen LogP contribution in [0.5, 0.6) is 0 Å². The van der Waals surface area contributed by atoms with E-state index in [4.69, 9.17) is 0 Å². The molecular weight excluding hydrogens is 406 g/mol. The summed E-state index contributed by atoms with van der Waals surface area (Å²) in [5.41, 5.74) is 7.47. The van der Waals surface area contributed by atoms with Crippen LogP contribution >= 0.6 is 11.3 Å². The summed E-state index contributed by atoms with van der Waals surface area (Å²) in [6.45, 7) is 0. The molecule has 2 aromatic heterocycles. The fourth-order valence-corrected chi connectivity index (χ4v) is 6.14. The molecule has 0 unspecified atom stereocenters. The number of hydrogen-bond acceptors (Lipinski definition) is 1. The molecule has 0 saturated heterocycles. The van der Waals surface area contributed by atoms with E-state index < -0.39 is 0 Å². The Bertz CT molecular complexity index is 1760. The van der Waals surface area contributed by atoms with E-state index in [0.29, 0.717) is 0 Å². The lowest BCUT2D eigenvalue weighted by Crippen LogP contribution is -1.81. The van der Waals surface area contributed by atoms with Gasteiger partial charge in [0.15, 0.2) is 0 Å². The van der Waals surface area contributed by atoms with Crippen LogP contribution < -0.4 is 0 Å². The van der Waals surface area contributed by atoms with Crippen molar-refractivity contribution < 1.29 is 0 Å². The van der Waals surface area contributed by atoms with Crippen molar-refractivity contribution >= 4 is 53.3 Å². The minimum absolute atomic E-state index is 1.19. The number of H-pyrrole nitrogens is 1. The van der Waals surface area contributed by atoms with Crippen molar-refractivity contribution in [3.63, 3.8) is 0 Å². The lowest BCUT2D eigenvalue weighted by molar-refractivity contribution is 1.56. The van der Waals surface area contributed by atoms with Crippen LogP contribution in [-0.2, 0) is 0 Å². The molecule has 5 aromatic carbocycles. The van der Waals surface area contributed by atoms with Gasteiger partial charge in [0.1, 0.15) is 0 Å². The molecule has 0 saturated carbocycles. The van der Waals surface area contributed by atoms with Gasteiger partial charge in [-0.15, -0.1) is 11.3 Å². The van der Waals surface area contributed by atoms with Crippen LogP contribution in [-0.4, -0.2) is 4.98 Å². The van der Waals surface area contributed by atoms with Crippen LogP contribution in [0.4, 0.5) is 0 Å². The first-order valence-electron chi connectivity index (χ1n) is 10.9. The van der Waals surface area contributed by atoms with Crippen LogP contribution in [0.25, 0.3) is 64.2 Å². The molecule has 0 fully saturated rings. The Hall–Kier alpha value is -3.88. The molecule has 2 heteroatoms. The topological polar surface area (TPSA) is 15.8 Å². The Morgan fingerprint density at radius 2 is 1.25 bits per heavy atom. The molecule has 7 rings (SSSR count). The molecule has 0 aliphatic heterocycles. The number of thiophene rings is 1. The standard InChI is InChI=1S/C30H19NS/c1-3-9-19(10-4-1)21-15-16-22-25-18-24(20-11-5-2-6-12-20)28-23-13-7-8-14-27(23)32-30(28)29(25)31-26(22)17-21/h1-18,31H. The lowest BCUT2D eigenvalue weighted by Gasteiger charge is -2.06. The van der Waals surface area contributed by atoms with E-state index >= 15 is 0 Å². The number of aromatic amines is 1. The minimum Gasteiger partial charge on any atom is -0.353 e. The highest BCUT2D eigenvalue weighted by Crippen LogP contribution is 2.45. The van der Waals surface area contributed by atoms with Crippen molar-refractivity contribution in [1.29, 1.82) is 0 Å². The second-order valence-corrected chi connectivity index (χ2v) is 9.32. The third-order valence-electron chi connectivity index (χ3n) is 6.41. The molecule has 0 aliphatic rings. The van der Waals surface area contributed by atoms with E-state index in [0.717, 1.165) is 0 Å². The number of nitrogens with one attached hydrogen (secondary N) is 1. The SMILES string of the molecule is c1ccc(-c2ccc3c(c2)[nH]c2c3cc(-c3ccccc3)c3c4ccccc4sc23)cc1. The zero-order valence-electron chi connectivity index (χ0n) is 17.3. The van der Waals surface area contributed by atoms with Crippen molar-refractivity contribution in [1.82, 2.24) is 4.98 Å².